The SMILES string of the molecule is [2H]c1c([2H])c(N(c2cccc(-c3cccc4c3sc3ccccc34)c2)c2c([2H])c([2H])c(-c3cccc4ccccc34)c([2H])c2[2H])c([2H])c([2H])c1-c1ccc(-c2cccc3ccccc23)cc1. The molecule has 11 aromatic rings. The van der Waals surface area contributed by atoms with Gasteiger partial charge in [-0.2, -0.15) is 0 Å². The first-order valence-electron chi connectivity index (χ1n) is 23.2. The van der Waals surface area contributed by atoms with E-state index in [4.69, 9.17) is 0 Å². The van der Waals surface area contributed by atoms with Crippen LogP contribution in [0.1, 0.15) is 11.0 Å². The largest absolute Gasteiger partial charge is 0.310 e. The third-order valence-corrected chi connectivity index (χ3v) is 12.0. The molecule has 1 heterocycles. The number of benzene rings is 10. The number of thiophene rings is 1. The van der Waals surface area contributed by atoms with Crippen LogP contribution in [0.5, 0.6) is 0 Å². The fraction of sp³-hybridized carbons (Fsp3) is 0. The second-order valence-electron chi connectivity index (χ2n) is 14.2. The fourth-order valence-electron chi connectivity index (χ4n) is 8.01. The highest BCUT2D eigenvalue weighted by Gasteiger charge is 2.17. The van der Waals surface area contributed by atoms with Crippen LogP contribution >= 0.6 is 11.3 Å². The Bertz CT molecular complexity index is 3700. The van der Waals surface area contributed by atoms with Gasteiger partial charge in [0.2, 0.25) is 0 Å². The lowest BCUT2D eigenvalue weighted by Crippen LogP contribution is -2.10. The summed E-state index contributed by atoms with van der Waals surface area (Å²) in [6.07, 6.45) is 0. The average molecular weight is 764 g/mol. The Hall–Kier alpha value is -7.26. The van der Waals surface area contributed by atoms with Crippen molar-refractivity contribution in [2.75, 3.05) is 4.90 Å². The summed E-state index contributed by atoms with van der Waals surface area (Å²) in [5.74, 6) is 0. The van der Waals surface area contributed by atoms with Gasteiger partial charge < -0.3 is 4.90 Å². The minimum absolute atomic E-state index is 0.106. The van der Waals surface area contributed by atoms with Gasteiger partial charge in [0, 0.05) is 37.2 Å². The Morgan fingerprint density at radius 1 is 0.328 bits per heavy atom. The van der Waals surface area contributed by atoms with Gasteiger partial charge in [-0.15, -0.1) is 11.3 Å². The molecule has 0 fully saturated rings. The number of rotatable bonds is 7. The predicted molar refractivity (Wildman–Crippen MR) is 251 cm³/mol. The molecule has 0 aliphatic rings. The zero-order valence-electron chi connectivity index (χ0n) is 39.1. The van der Waals surface area contributed by atoms with Crippen LogP contribution in [0.4, 0.5) is 17.1 Å². The molecule has 0 spiro atoms. The first-order chi connectivity index (χ1) is 32.1. The highest BCUT2D eigenvalue weighted by atomic mass is 32.1. The highest BCUT2D eigenvalue weighted by molar-refractivity contribution is 7.26. The van der Waals surface area contributed by atoms with Crippen molar-refractivity contribution in [1.29, 1.82) is 0 Å². The summed E-state index contributed by atoms with van der Waals surface area (Å²) in [6.45, 7) is 0. The number of hydrogen-bond acceptors (Lipinski definition) is 2. The summed E-state index contributed by atoms with van der Waals surface area (Å²) < 4.78 is 78.9. The van der Waals surface area contributed by atoms with E-state index in [0.29, 0.717) is 16.8 Å². The quantitative estimate of drug-likeness (QED) is 0.156. The molecule has 0 unspecified atom stereocenters. The molecule has 0 aliphatic heterocycles. The first kappa shape index (κ1) is 26.6. The molecule has 58 heavy (non-hydrogen) atoms. The average Bonchev–Trinajstić information content (AvgIpc) is 3.74. The molecule has 0 amide bonds. The number of anilines is 3. The second-order valence-corrected chi connectivity index (χ2v) is 15.3. The number of nitrogens with zero attached hydrogens (tertiary/aromatic N) is 1. The van der Waals surface area contributed by atoms with Gasteiger partial charge >= 0.3 is 0 Å². The van der Waals surface area contributed by atoms with Gasteiger partial charge in [0.1, 0.15) is 0 Å². The zero-order chi connectivity index (χ0) is 45.4. The molecule has 11 rings (SSSR count). The topological polar surface area (TPSA) is 3.24 Å². The van der Waals surface area contributed by atoms with Gasteiger partial charge in [0.15, 0.2) is 0 Å². The van der Waals surface area contributed by atoms with Gasteiger partial charge in [-0.3, -0.25) is 0 Å². The summed E-state index contributed by atoms with van der Waals surface area (Å²) in [5, 5.41) is 6.08. The summed E-state index contributed by atoms with van der Waals surface area (Å²) in [5.41, 5.74) is 4.91. The van der Waals surface area contributed by atoms with E-state index in [1.807, 2.05) is 121 Å². The van der Waals surface area contributed by atoms with Crippen LogP contribution in [0.2, 0.25) is 0 Å². The van der Waals surface area contributed by atoms with Gasteiger partial charge in [-0.1, -0.05) is 182 Å². The molecule has 0 N–H and O–H groups in total. The number of fused-ring (bicyclic) bond motifs is 5. The van der Waals surface area contributed by atoms with E-state index in [2.05, 4.69) is 42.5 Å². The van der Waals surface area contributed by atoms with Crippen molar-refractivity contribution < 1.29 is 11.0 Å². The molecule has 10 aromatic carbocycles. The lowest BCUT2D eigenvalue weighted by atomic mass is 9.96. The Balaban J connectivity index is 1.12. The lowest BCUT2D eigenvalue weighted by Gasteiger charge is -2.26. The van der Waals surface area contributed by atoms with Crippen LogP contribution in [0.15, 0.2) is 224 Å². The van der Waals surface area contributed by atoms with Crippen molar-refractivity contribution in [3.63, 3.8) is 0 Å². The van der Waals surface area contributed by atoms with E-state index >= 15 is 0 Å². The second kappa shape index (κ2) is 14.4. The van der Waals surface area contributed by atoms with Crippen LogP contribution in [0.3, 0.4) is 0 Å². The van der Waals surface area contributed by atoms with Crippen LogP contribution in [-0.2, 0) is 0 Å². The molecule has 0 radical (unpaired) electrons. The summed E-state index contributed by atoms with van der Waals surface area (Å²) in [4.78, 5) is 1.39. The molecule has 1 aromatic heterocycles. The molecule has 0 saturated heterocycles. The van der Waals surface area contributed by atoms with E-state index in [1.165, 1.54) is 4.90 Å². The molecule has 272 valence electrons. The van der Waals surface area contributed by atoms with Crippen LogP contribution in [-0.4, -0.2) is 0 Å². The predicted octanol–water partition coefficient (Wildman–Crippen LogP) is 16.5. The molecule has 0 atom stereocenters. The molecule has 1 nitrogen and oxygen atoms in total. The van der Waals surface area contributed by atoms with E-state index in [-0.39, 0.29) is 58.8 Å². The Kier molecular flexibility index (Phi) is 6.57. The standard InChI is InChI=1S/C56H37NS/c1-3-17-48-40(11-1)13-8-20-50(48)42-27-25-38(26-28-42)39-29-33-45(34-30-39)57(46-35-31-43(32-36-46)51-21-9-14-41-12-2-4-18-49(41)51)47-16-7-15-44(37-47)52-22-10-23-54-53-19-5-6-24-55(53)58-56(52)54/h1-37H/i29D,30D,31D,32D,33D,34D,35D,36D. The van der Waals surface area contributed by atoms with Crippen molar-refractivity contribution in [3.8, 4) is 44.5 Å². The van der Waals surface area contributed by atoms with E-state index in [1.54, 1.807) is 23.5 Å². The maximum atomic E-state index is 9.67. The van der Waals surface area contributed by atoms with Gasteiger partial charge in [0.05, 0.1) is 11.0 Å². The zero-order valence-corrected chi connectivity index (χ0v) is 31.9. The Morgan fingerprint density at radius 2 is 0.828 bits per heavy atom. The van der Waals surface area contributed by atoms with Crippen LogP contribution in [0, 0.1) is 0 Å². The highest BCUT2D eigenvalue weighted by Crippen LogP contribution is 2.43. The van der Waals surface area contributed by atoms with Crippen LogP contribution < -0.4 is 4.90 Å². The first-order valence-corrected chi connectivity index (χ1v) is 20.0. The van der Waals surface area contributed by atoms with Crippen molar-refractivity contribution in [2.45, 2.75) is 0 Å². The lowest BCUT2D eigenvalue weighted by molar-refractivity contribution is 1.28. The molecule has 0 bridgehead atoms. The van der Waals surface area contributed by atoms with Crippen molar-refractivity contribution >= 4 is 70.1 Å². The fourth-order valence-corrected chi connectivity index (χ4v) is 9.25. The van der Waals surface area contributed by atoms with E-state index in [0.717, 1.165) is 64.0 Å². The van der Waals surface area contributed by atoms with E-state index in [9.17, 15) is 11.0 Å². The van der Waals surface area contributed by atoms with E-state index < -0.39 is 12.1 Å². The van der Waals surface area contributed by atoms with Gasteiger partial charge in [0.25, 0.3) is 0 Å². The van der Waals surface area contributed by atoms with Crippen LogP contribution in [0.25, 0.3) is 86.2 Å². The monoisotopic (exact) mass is 763 g/mol. The number of hydrogen-bond donors (Lipinski definition) is 0. The van der Waals surface area contributed by atoms with Gasteiger partial charge in [-0.25, -0.2) is 0 Å². The maximum absolute atomic E-state index is 9.67. The minimum Gasteiger partial charge on any atom is -0.310 e. The normalized spacial score (nSPS) is 13.4. The Morgan fingerprint density at radius 3 is 1.52 bits per heavy atom. The molecular weight excluding hydrogens is 719 g/mol. The van der Waals surface area contributed by atoms with Gasteiger partial charge in [-0.05, 0) is 108 Å². The smallest absolute Gasteiger partial charge is 0.0645 e. The third-order valence-electron chi connectivity index (χ3n) is 10.8. The van der Waals surface area contributed by atoms with Crippen molar-refractivity contribution in [3.05, 3.63) is 224 Å². The minimum atomic E-state index is -0.392. The summed E-state index contributed by atoms with van der Waals surface area (Å²) in [7, 11) is 0. The maximum Gasteiger partial charge on any atom is 0.0645 e. The summed E-state index contributed by atoms with van der Waals surface area (Å²) in [6, 6.07) is 53.9. The molecule has 0 saturated carbocycles. The van der Waals surface area contributed by atoms with Crippen molar-refractivity contribution in [2.24, 2.45) is 0 Å². The van der Waals surface area contributed by atoms with Crippen molar-refractivity contribution in [1.82, 2.24) is 0 Å². The molecule has 0 aliphatic carbocycles. The Labute approximate surface area is 353 Å². The molecular formula is C56H37NS. The molecule has 2 heteroatoms. The third kappa shape index (κ3) is 6.03. The summed E-state index contributed by atoms with van der Waals surface area (Å²) >= 11 is 1.67.